The molecular weight excluding hydrogens is 268 g/mol. The second-order valence-electron chi connectivity index (χ2n) is 4.93. The molecule has 5 heteroatoms. The summed E-state index contributed by atoms with van der Waals surface area (Å²) in [6, 6.07) is 5.88. The number of hydrogen-bond acceptors (Lipinski definition) is 4. The van der Waals surface area contributed by atoms with Crippen LogP contribution in [0.2, 0.25) is 0 Å². The van der Waals surface area contributed by atoms with E-state index in [0.29, 0.717) is 11.5 Å². The second kappa shape index (κ2) is 9.23. The molecule has 0 aliphatic rings. The Morgan fingerprint density at radius 3 is 2.67 bits per heavy atom. The molecule has 1 rings (SSSR count). The average Bonchev–Trinajstić information content (AvgIpc) is 2.50. The van der Waals surface area contributed by atoms with Crippen LogP contribution in [-0.2, 0) is 11.3 Å². The standard InChI is InChI=1S/C16H26N2O3/c1-5-12(3)18-16(19)11-21-14-8-7-13(10-17-6-2)9-15(14)20-4/h7-9,12,17H,5-6,10-11H2,1-4H3,(H,18,19). The van der Waals surface area contributed by atoms with Crippen LogP contribution in [0, 0.1) is 0 Å². The Kier molecular flexibility index (Phi) is 7.61. The number of methoxy groups -OCH3 is 1. The minimum absolute atomic E-state index is 0.00669. The first-order valence-electron chi connectivity index (χ1n) is 7.40. The molecule has 0 radical (unpaired) electrons. The number of benzene rings is 1. The fraction of sp³-hybridized carbons (Fsp3) is 0.562. The van der Waals surface area contributed by atoms with Gasteiger partial charge < -0.3 is 20.1 Å². The van der Waals surface area contributed by atoms with Crippen LogP contribution < -0.4 is 20.1 Å². The molecule has 0 heterocycles. The molecule has 1 atom stereocenters. The van der Waals surface area contributed by atoms with Gasteiger partial charge in [-0.2, -0.15) is 0 Å². The Morgan fingerprint density at radius 1 is 1.29 bits per heavy atom. The molecule has 2 N–H and O–H groups in total. The zero-order valence-electron chi connectivity index (χ0n) is 13.4. The molecule has 0 aliphatic heterocycles. The summed E-state index contributed by atoms with van der Waals surface area (Å²) >= 11 is 0. The van der Waals surface area contributed by atoms with Gasteiger partial charge in [0.1, 0.15) is 0 Å². The lowest BCUT2D eigenvalue weighted by molar-refractivity contribution is -0.123. The number of rotatable bonds is 9. The van der Waals surface area contributed by atoms with E-state index in [-0.39, 0.29) is 18.6 Å². The Labute approximate surface area is 127 Å². The van der Waals surface area contributed by atoms with Gasteiger partial charge in [-0.1, -0.05) is 19.9 Å². The van der Waals surface area contributed by atoms with Crippen molar-refractivity contribution in [3.8, 4) is 11.5 Å². The van der Waals surface area contributed by atoms with Crippen molar-refractivity contribution in [3.05, 3.63) is 23.8 Å². The molecular formula is C16H26N2O3. The molecule has 21 heavy (non-hydrogen) atoms. The van der Waals surface area contributed by atoms with E-state index in [9.17, 15) is 4.79 Å². The molecule has 5 nitrogen and oxygen atoms in total. The van der Waals surface area contributed by atoms with Crippen molar-refractivity contribution < 1.29 is 14.3 Å². The van der Waals surface area contributed by atoms with E-state index in [1.807, 2.05) is 32.0 Å². The SMILES string of the molecule is CCNCc1ccc(OCC(=O)NC(C)CC)c(OC)c1. The molecule has 1 aromatic rings. The van der Waals surface area contributed by atoms with Crippen LogP contribution in [-0.4, -0.2) is 32.2 Å². The molecule has 0 saturated carbocycles. The van der Waals surface area contributed by atoms with Gasteiger partial charge in [0.25, 0.3) is 5.91 Å². The number of ether oxygens (including phenoxy) is 2. The maximum absolute atomic E-state index is 11.7. The summed E-state index contributed by atoms with van der Waals surface area (Å²) in [5, 5.41) is 6.11. The average molecular weight is 294 g/mol. The number of amides is 1. The van der Waals surface area contributed by atoms with Crippen molar-refractivity contribution in [2.24, 2.45) is 0 Å². The fourth-order valence-electron chi connectivity index (χ4n) is 1.77. The zero-order valence-corrected chi connectivity index (χ0v) is 13.4. The lowest BCUT2D eigenvalue weighted by Crippen LogP contribution is -2.35. The zero-order chi connectivity index (χ0) is 15.7. The highest BCUT2D eigenvalue weighted by Crippen LogP contribution is 2.27. The van der Waals surface area contributed by atoms with E-state index >= 15 is 0 Å². The highest BCUT2D eigenvalue weighted by Gasteiger charge is 2.10. The van der Waals surface area contributed by atoms with Crippen LogP contribution >= 0.6 is 0 Å². The van der Waals surface area contributed by atoms with Crippen LogP contribution in [0.15, 0.2) is 18.2 Å². The quantitative estimate of drug-likeness (QED) is 0.732. The Morgan fingerprint density at radius 2 is 2.05 bits per heavy atom. The minimum atomic E-state index is -0.122. The van der Waals surface area contributed by atoms with Crippen molar-refractivity contribution >= 4 is 5.91 Å². The van der Waals surface area contributed by atoms with Gasteiger partial charge in [0.2, 0.25) is 0 Å². The smallest absolute Gasteiger partial charge is 0.258 e. The molecule has 0 fully saturated rings. The highest BCUT2D eigenvalue weighted by atomic mass is 16.5. The van der Waals surface area contributed by atoms with Crippen molar-refractivity contribution in [2.75, 3.05) is 20.3 Å². The van der Waals surface area contributed by atoms with Crippen LogP contribution in [0.4, 0.5) is 0 Å². The van der Waals surface area contributed by atoms with Crippen LogP contribution in [0.3, 0.4) is 0 Å². The summed E-state index contributed by atoms with van der Waals surface area (Å²) in [7, 11) is 1.60. The molecule has 0 bridgehead atoms. The maximum Gasteiger partial charge on any atom is 0.258 e. The Hall–Kier alpha value is -1.75. The number of carbonyl (C=O) groups excluding carboxylic acids is 1. The first kappa shape index (κ1) is 17.3. The third-order valence-electron chi connectivity index (χ3n) is 3.19. The first-order valence-corrected chi connectivity index (χ1v) is 7.40. The molecule has 1 amide bonds. The summed E-state index contributed by atoms with van der Waals surface area (Å²) in [5.74, 6) is 1.10. The lowest BCUT2D eigenvalue weighted by atomic mass is 10.2. The summed E-state index contributed by atoms with van der Waals surface area (Å²) in [6.45, 7) is 7.74. The molecule has 0 aromatic heterocycles. The van der Waals surface area contributed by atoms with Gasteiger partial charge >= 0.3 is 0 Å². The minimum Gasteiger partial charge on any atom is -0.493 e. The Balaban J connectivity index is 2.60. The van der Waals surface area contributed by atoms with Gasteiger partial charge in [-0.25, -0.2) is 0 Å². The molecule has 0 spiro atoms. The second-order valence-corrected chi connectivity index (χ2v) is 4.93. The van der Waals surface area contributed by atoms with E-state index in [4.69, 9.17) is 9.47 Å². The van der Waals surface area contributed by atoms with Crippen molar-refractivity contribution in [1.82, 2.24) is 10.6 Å². The van der Waals surface area contributed by atoms with Gasteiger partial charge in [-0.05, 0) is 37.6 Å². The van der Waals surface area contributed by atoms with E-state index in [2.05, 4.69) is 17.6 Å². The van der Waals surface area contributed by atoms with Gasteiger partial charge in [-0.15, -0.1) is 0 Å². The monoisotopic (exact) mass is 294 g/mol. The fourth-order valence-corrected chi connectivity index (χ4v) is 1.77. The number of nitrogens with one attached hydrogen (secondary N) is 2. The van der Waals surface area contributed by atoms with E-state index < -0.39 is 0 Å². The highest BCUT2D eigenvalue weighted by molar-refractivity contribution is 5.77. The lowest BCUT2D eigenvalue weighted by Gasteiger charge is -2.14. The van der Waals surface area contributed by atoms with Crippen LogP contribution in [0.5, 0.6) is 11.5 Å². The van der Waals surface area contributed by atoms with Crippen LogP contribution in [0.1, 0.15) is 32.8 Å². The van der Waals surface area contributed by atoms with Crippen molar-refractivity contribution in [1.29, 1.82) is 0 Å². The molecule has 0 saturated heterocycles. The van der Waals surface area contributed by atoms with Crippen LogP contribution in [0.25, 0.3) is 0 Å². The van der Waals surface area contributed by atoms with E-state index in [1.54, 1.807) is 7.11 Å². The predicted molar refractivity (Wildman–Crippen MR) is 83.8 cm³/mol. The summed E-state index contributed by atoms with van der Waals surface area (Å²) in [4.78, 5) is 11.7. The van der Waals surface area contributed by atoms with Gasteiger partial charge in [0, 0.05) is 12.6 Å². The van der Waals surface area contributed by atoms with E-state index in [1.165, 1.54) is 0 Å². The van der Waals surface area contributed by atoms with E-state index in [0.717, 1.165) is 25.1 Å². The van der Waals surface area contributed by atoms with Gasteiger partial charge in [0.15, 0.2) is 18.1 Å². The predicted octanol–water partition coefficient (Wildman–Crippen LogP) is 2.10. The molecule has 1 unspecified atom stereocenters. The van der Waals surface area contributed by atoms with Gasteiger partial charge in [0.05, 0.1) is 7.11 Å². The topological polar surface area (TPSA) is 59.6 Å². The maximum atomic E-state index is 11.7. The molecule has 118 valence electrons. The Bertz CT molecular complexity index is 449. The first-order chi connectivity index (χ1) is 10.1. The third kappa shape index (κ3) is 6.04. The van der Waals surface area contributed by atoms with Crippen molar-refractivity contribution in [2.45, 2.75) is 39.8 Å². The van der Waals surface area contributed by atoms with Crippen molar-refractivity contribution in [3.63, 3.8) is 0 Å². The molecule has 0 aliphatic carbocycles. The number of hydrogen-bond donors (Lipinski definition) is 2. The summed E-state index contributed by atoms with van der Waals surface area (Å²) in [5.41, 5.74) is 1.12. The third-order valence-corrected chi connectivity index (χ3v) is 3.19. The van der Waals surface area contributed by atoms with Gasteiger partial charge in [-0.3, -0.25) is 4.79 Å². The molecule has 1 aromatic carbocycles. The summed E-state index contributed by atoms with van der Waals surface area (Å²) in [6.07, 6.45) is 0.897. The number of carbonyl (C=O) groups is 1. The summed E-state index contributed by atoms with van der Waals surface area (Å²) < 4.78 is 10.9. The largest absolute Gasteiger partial charge is 0.493 e. The normalized spacial score (nSPS) is 11.8.